The van der Waals surface area contributed by atoms with Crippen LogP contribution in [0.4, 0.5) is 5.69 Å². The van der Waals surface area contributed by atoms with E-state index in [1.807, 2.05) is 32.0 Å². The number of aryl methyl sites for hydroxylation is 3. The summed E-state index contributed by atoms with van der Waals surface area (Å²) in [5.41, 5.74) is 3.38. The highest BCUT2D eigenvalue weighted by molar-refractivity contribution is 6.06. The van der Waals surface area contributed by atoms with Crippen molar-refractivity contribution < 1.29 is 14.1 Å². The van der Waals surface area contributed by atoms with Gasteiger partial charge in [0.15, 0.2) is 6.61 Å². The normalized spacial score (nSPS) is 10.5. The molecule has 0 unspecified atom stereocenters. The lowest BCUT2D eigenvalue weighted by Gasteiger charge is -2.11. The van der Waals surface area contributed by atoms with E-state index in [0.29, 0.717) is 23.0 Å². The van der Waals surface area contributed by atoms with E-state index in [1.165, 1.54) is 0 Å². The highest BCUT2D eigenvalue weighted by atomic mass is 16.5. The van der Waals surface area contributed by atoms with Crippen LogP contribution in [-0.4, -0.2) is 16.0 Å². The number of carbonyl (C=O) groups excluding carboxylic acids is 1. The van der Waals surface area contributed by atoms with Crippen LogP contribution in [0.5, 0.6) is 5.75 Å². The summed E-state index contributed by atoms with van der Waals surface area (Å²) in [6.07, 6.45) is 0. The fourth-order valence-electron chi connectivity index (χ4n) is 2.57. The Morgan fingerprint density at radius 2 is 1.84 bits per heavy atom. The lowest BCUT2D eigenvalue weighted by Crippen LogP contribution is -2.14. The molecule has 0 saturated heterocycles. The second kappa shape index (κ2) is 7.17. The van der Waals surface area contributed by atoms with Crippen LogP contribution in [0, 0.1) is 20.8 Å². The fraction of sp³-hybridized carbons (Fsp3) is 0.211. The molecule has 1 heterocycles. The standard InChI is InChI=1S/C19H19N3O3/c1-12-8-13(2)10-15(9-12)21-19(23)16-6-4-5-7-17(16)24-11-18-20-14(3)25-22-18/h4-10H,11H2,1-3H3,(H,21,23). The van der Waals surface area contributed by atoms with E-state index in [-0.39, 0.29) is 12.5 Å². The van der Waals surface area contributed by atoms with Gasteiger partial charge in [0.05, 0.1) is 5.56 Å². The number of rotatable bonds is 5. The summed E-state index contributed by atoms with van der Waals surface area (Å²) in [4.78, 5) is 16.7. The maximum atomic E-state index is 12.6. The number of carbonyl (C=O) groups is 1. The molecule has 6 heteroatoms. The van der Waals surface area contributed by atoms with Crippen LogP contribution < -0.4 is 10.1 Å². The molecule has 0 atom stereocenters. The maximum absolute atomic E-state index is 12.6. The van der Waals surface area contributed by atoms with Crippen molar-refractivity contribution in [3.63, 3.8) is 0 Å². The largest absolute Gasteiger partial charge is 0.485 e. The molecule has 0 saturated carbocycles. The van der Waals surface area contributed by atoms with E-state index in [4.69, 9.17) is 9.26 Å². The zero-order chi connectivity index (χ0) is 17.8. The van der Waals surface area contributed by atoms with E-state index in [9.17, 15) is 4.79 Å². The van der Waals surface area contributed by atoms with Gasteiger partial charge in [-0.05, 0) is 49.2 Å². The predicted molar refractivity (Wildman–Crippen MR) is 93.7 cm³/mol. The zero-order valence-electron chi connectivity index (χ0n) is 14.4. The number of amides is 1. The summed E-state index contributed by atoms with van der Waals surface area (Å²) in [5.74, 6) is 1.14. The van der Waals surface area contributed by atoms with Gasteiger partial charge in [-0.25, -0.2) is 0 Å². The second-order valence-corrected chi connectivity index (χ2v) is 5.84. The van der Waals surface area contributed by atoms with Crippen molar-refractivity contribution in [2.75, 3.05) is 5.32 Å². The molecule has 128 valence electrons. The Bertz CT molecular complexity index is 882. The molecule has 1 amide bonds. The Morgan fingerprint density at radius 1 is 1.12 bits per heavy atom. The number of hydrogen-bond donors (Lipinski definition) is 1. The summed E-state index contributed by atoms with van der Waals surface area (Å²) in [7, 11) is 0. The number of benzene rings is 2. The Hall–Kier alpha value is -3.15. The number of nitrogens with one attached hydrogen (secondary N) is 1. The molecule has 0 aliphatic heterocycles. The van der Waals surface area contributed by atoms with Crippen molar-refractivity contribution in [2.24, 2.45) is 0 Å². The zero-order valence-corrected chi connectivity index (χ0v) is 14.4. The molecular formula is C19H19N3O3. The first-order valence-electron chi connectivity index (χ1n) is 7.92. The first kappa shape index (κ1) is 16.7. The van der Waals surface area contributed by atoms with Gasteiger partial charge in [0.1, 0.15) is 5.75 Å². The number of para-hydroxylation sites is 1. The lowest BCUT2D eigenvalue weighted by atomic mass is 10.1. The van der Waals surface area contributed by atoms with E-state index in [0.717, 1.165) is 16.8 Å². The maximum Gasteiger partial charge on any atom is 0.259 e. The third kappa shape index (κ3) is 4.23. The van der Waals surface area contributed by atoms with Crippen LogP contribution in [0.15, 0.2) is 47.0 Å². The van der Waals surface area contributed by atoms with Gasteiger partial charge in [0.25, 0.3) is 5.91 Å². The molecule has 1 N–H and O–H groups in total. The molecule has 3 rings (SSSR count). The van der Waals surface area contributed by atoms with Crippen LogP contribution in [0.25, 0.3) is 0 Å². The van der Waals surface area contributed by atoms with E-state index in [2.05, 4.69) is 21.5 Å². The number of nitrogens with zero attached hydrogens (tertiary/aromatic N) is 2. The molecule has 0 aliphatic carbocycles. The highest BCUT2D eigenvalue weighted by Gasteiger charge is 2.14. The van der Waals surface area contributed by atoms with Gasteiger partial charge in [0.2, 0.25) is 11.7 Å². The Kier molecular flexibility index (Phi) is 4.79. The van der Waals surface area contributed by atoms with Gasteiger partial charge >= 0.3 is 0 Å². The summed E-state index contributed by atoms with van der Waals surface area (Å²) in [6.45, 7) is 5.83. The van der Waals surface area contributed by atoms with Crippen LogP contribution >= 0.6 is 0 Å². The molecule has 0 radical (unpaired) electrons. The number of anilines is 1. The molecule has 2 aromatic carbocycles. The van der Waals surface area contributed by atoms with Gasteiger partial charge in [0, 0.05) is 12.6 Å². The summed E-state index contributed by atoms with van der Waals surface area (Å²) >= 11 is 0. The molecule has 3 aromatic rings. The molecule has 6 nitrogen and oxygen atoms in total. The highest BCUT2D eigenvalue weighted by Crippen LogP contribution is 2.21. The second-order valence-electron chi connectivity index (χ2n) is 5.84. The van der Waals surface area contributed by atoms with Gasteiger partial charge in [-0.2, -0.15) is 4.98 Å². The third-order valence-corrected chi connectivity index (χ3v) is 3.54. The third-order valence-electron chi connectivity index (χ3n) is 3.54. The van der Waals surface area contributed by atoms with Crippen LogP contribution in [0.2, 0.25) is 0 Å². The molecule has 0 fully saturated rings. The first-order chi connectivity index (χ1) is 12.0. The van der Waals surface area contributed by atoms with Crippen molar-refractivity contribution in [2.45, 2.75) is 27.4 Å². The van der Waals surface area contributed by atoms with Crippen molar-refractivity contribution in [1.82, 2.24) is 10.1 Å². The summed E-state index contributed by atoms with van der Waals surface area (Å²) in [5, 5.41) is 6.69. The SMILES string of the molecule is Cc1cc(C)cc(NC(=O)c2ccccc2OCc2noc(C)n2)c1. The van der Waals surface area contributed by atoms with Crippen LogP contribution in [0.1, 0.15) is 33.2 Å². The quantitative estimate of drug-likeness (QED) is 0.766. The van der Waals surface area contributed by atoms with Crippen molar-refractivity contribution in [1.29, 1.82) is 0 Å². The molecule has 0 bridgehead atoms. The Labute approximate surface area is 145 Å². The lowest BCUT2D eigenvalue weighted by molar-refractivity contribution is 0.102. The molecule has 0 spiro atoms. The predicted octanol–water partition coefficient (Wildman–Crippen LogP) is 3.83. The molecular weight excluding hydrogens is 318 g/mol. The van der Waals surface area contributed by atoms with Gasteiger partial charge in [-0.3, -0.25) is 4.79 Å². The number of hydrogen-bond acceptors (Lipinski definition) is 5. The summed E-state index contributed by atoms with van der Waals surface area (Å²) in [6, 6.07) is 13.0. The fourth-order valence-corrected chi connectivity index (χ4v) is 2.57. The van der Waals surface area contributed by atoms with Crippen LogP contribution in [-0.2, 0) is 6.61 Å². The van der Waals surface area contributed by atoms with Gasteiger partial charge in [-0.1, -0.05) is 23.4 Å². The molecule has 1 aromatic heterocycles. The van der Waals surface area contributed by atoms with Crippen molar-refractivity contribution >= 4 is 11.6 Å². The smallest absolute Gasteiger partial charge is 0.259 e. The topological polar surface area (TPSA) is 77.2 Å². The Morgan fingerprint density at radius 3 is 2.52 bits per heavy atom. The average molecular weight is 337 g/mol. The average Bonchev–Trinajstić information content (AvgIpc) is 2.97. The first-order valence-corrected chi connectivity index (χ1v) is 7.92. The van der Waals surface area contributed by atoms with Crippen molar-refractivity contribution in [3.8, 4) is 5.75 Å². The van der Waals surface area contributed by atoms with E-state index >= 15 is 0 Å². The van der Waals surface area contributed by atoms with Gasteiger partial charge < -0.3 is 14.6 Å². The monoisotopic (exact) mass is 337 g/mol. The minimum Gasteiger partial charge on any atom is -0.485 e. The minimum absolute atomic E-state index is 0.130. The molecule has 25 heavy (non-hydrogen) atoms. The van der Waals surface area contributed by atoms with Crippen LogP contribution in [0.3, 0.4) is 0 Å². The van der Waals surface area contributed by atoms with Crippen molar-refractivity contribution in [3.05, 3.63) is 70.9 Å². The van der Waals surface area contributed by atoms with E-state index in [1.54, 1.807) is 25.1 Å². The number of aromatic nitrogens is 2. The minimum atomic E-state index is -0.232. The Balaban J connectivity index is 1.76. The van der Waals surface area contributed by atoms with Gasteiger partial charge in [-0.15, -0.1) is 0 Å². The van der Waals surface area contributed by atoms with E-state index < -0.39 is 0 Å². The molecule has 0 aliphatic rings. The summed E-state index contributed by atoms with van der Waals surface area (Å²) < 4.78 is 10.6. The number of ether oxygens (including phenoxy) is 1.